The van der Waals surface area contributed by atoms with Gasteiger partial charge in [0.1, 0.15) is 5.65 Å². The number of methoxy groups -OCH3 is 1. The number of nitrogens with one attached hydrogen (secondary N) is 1. The van der Waals surface area contributed by atoms with Crippen LogP contribution in [0.15, 0.2) is 53.8 Å². The van der Waals surface area contributed by atoms with Gasteiger partial charge >= 0.3 is 0 Å². The summed E-state index contributed by atoms with van der Waals surface area (Å²) in [6.07, 6.45) is 4.78. The predicted molar refractivity (Wildman–Crippen MR) is 116 cm³/mol. The van der Waals surface area contributed by atoms with Crippen LogP contribution in [0.4, 0.5) is 5.69 Å². The van der Waals surface area contributed by atoms with Crippen LogP contribution in [-0.2, 0) is 17.8 Å². The summed E-state index contributed by atoms with van der Waals surface area (Å²) in [6.45, 7) is 3.16. The summed E-state index contributed by atoms with van der Waals surface area (Å²) in [5, 5.41) is 3.14. The van der Waals surface area contributed by atoms with Crippen LogP contribution in [0.3, 0.4) is 0 Å². The van der Waals surface area contributed by atoms with Gasteiger partial charge in [0, 0.05) is 43.7 Å². The van der Waals surface area contributed by atoms with Crippen molar-refractivity contribution in [1.82, 2.24) is 9.38 Å². The summed E-state index contributed by atoms with van der Waals surface area (Å²) in [5.41, 5.74) is 11.1. The number of anilines is 1. The second-order valence-corrected chi connectivity index (χ2v) is 5.89. The molecule has 0 atom stereocenters. The molecule has 6 nitrogen and oxygen atoms in total. The van der Waals surface area contributed by atoms with Crippen LogP contribution in [0, 0.1) is 6.92 Å². The maximum atomic E-state index is 6.01. The molecule has 3 aromatic rings. The lowest BCUT2D eigenvalue weighted by Crippen LogP contribution is -2.23. The summed E-state index contributed by atoms with van der Waals surface area (Å²) in [4.78, 5) is 9.05. The highest BCUT2D eigenvalue weighted by atomic mass is 127. The smallest absolute Gasteiger partial charge is 0.193 e. The van der Waals surface area contributed by atoms with Gasteiger partial charge in [-0.1, -0.05) is 24.3 Å². The van der Waals surface area contributed by atoms with Crippen LogP contribution in [0.1, 0.15) is 16.8 Å². The molecule has 3 rings (SSSR count). The number of aryl methyl sites for hydroxylation is 1. The highest BCUT2D eigenvalue weighted by molar-refractivity contribution is 14.0. The number of benzene rings is 1. The summed E-state index contributed by atoms with van der Waals surface area (Å²) in [5.74, 6) is 0.392. The van der Waals surface area contributed by atoms with E-state index in [1.165, 1.54) is 0 Å². The minimum atomic E-state index is 0. The van der Waals surface area contributed by atoms with Crippen molar-refractivity contribution >= 4 is 41.3 Å². The number of halogens is 1. The topological polar surface area (TPSA) is 76.9 Å². The number of guanidine groups is 1. The van der Waals surface area contributed by atoms with E-state index >= 15 is 0 Å². The zero-order valence-electron chi connectivity index (χ0n) is 15.0. The van der Waals surface area contributed by atoms with Gasteiger partial charge in [-0.25, -0.2) is 4.98 Å². The van der Waals surface area contributed by atoms with E-state index in [1.807, 2.05) is 47.1 Å². The molecule has 0 fully saturated rings. The van der Waals surface area contributed by atoms with E-state index < -0.39 is 0 Å². The Morgan fingerprint density at radius 2 is 2.08 bits per heavy atom. The number of nitrogens with zero attached hydrogens (tertiary/aromatic N) is 3. The highest BCUT2D eigenvalue weighted by Gasteiger charge is 2.04. The van der Waals surface area contributed by atoms with Crippen LogP contribution in [-0.4, -0.2) is 29.0 Å². The summed E-state index contributed by atoms with van der Waals surface area (Å²) >= 11 is 0. The van der Waals surface area contributed by atoms with Gasteiger partial charge in [0.2, 0.25) is 0 Å². The van der Waals surface area contributed by atoms with Crippen molar-refractivity contribution in [3.63, 3.8) is 0 Å². The average molecular weight is 465 g/mol. The molecule has 0 aliphatic carbocycles. The van der Waals surface area contributed by atoms with E-state index in [-0.39, 0.29) is 24.0 Å². The second-order valence-electron chi connectivity index (χ2n) is 5.89. The van der Waals surface area contributed by atoms with Crippen molar-refractivity contribution in [2.24, 2.45) is 10.7 Å². The molecule has 0 saturated heterocycles. The summed E-state index contributed by atoms with van der Waals surface area (Å²) in [7, 11) is 1.67. The van der Waals surface area contributed by atoms with Gasteiger partial charge in [0.05, 0.1) is 12.3 Å². The van der Waals surface area contributed by atoms with E-state index in [1.54, 1.807) is 7.11 Å². The van der Waals surface area contributed by atoms with Gasteiger partial charge in [-0.2, -0.15) is 0 Å². The molecule has 0 aliphatic rings. The molecule has 1 aromatic carbocycles. The van der Waals surface area contributed by atoms with Crippen LogP contribution in [0.5, 0.6) is 0 Å². The molecule has 0 unspecified atom stereocenters. The molecular formula is C19H24IN5O. The number of para-hydroxylation sites is 1. The van der Waals surface area contributed by atoms with Gasteiger partial charge in [-0.05, 0) is 24.6 Å². The Kier molecular flexibility index (Phi) is 7.40. The Bertz CT molecular complexity index is 891. The van der Waals surface area contributed by atoms with Gasteiger partial charge in [-0.15, -0.1) is 24.0 Å². The number of ether oxygens (including phenoxy) is 1. The lowest BCUT2D eigenvalue weighted by molar-refractivity contribution is 0.185. The molecule has 26 heavy (non-hydrogen) atoms. The normalized spacial score (nSPS) is 11.4. The van der Waals surface area contributed by atoms with Crippen molar-refractivity contribution in [1.29, 1.82) is 0 Å². The quantitative estimate of drug-likeness (QED) is 0.333. The lowest BCUT2D eigenvalue weighted by atomic mass is 10.2. The van der Waals surface area contributed by atoms with Crippen molar-refractivity contribution in [2.75, 3.05) is 19.0 Å². The van der Waals surface area contributed by atoms with Gasteiger partial charge in [0.25, 0.3) is 0 Å². The van der Waals surface area contributed by atoms with E-state index in [4.69, 9.17) is 10.5 Å². The van der Waals surface area contributed by atoms with Crippen molar-refractivity contribution < 1.29 is 4.74 Å². The molecule has 0 saturated carbocycles. The van der Waals surface area contributed by atoms with E-state index in [0.29, 0.717) is 19.1 Å². The zero-order chi connectivity index (χ0) is 17.6. The molecule has 3 N–H and O–H groups in total. The Hall–Kier alpha value is -2.13. The van der Waals surface area contributed by atoms with Gasteiger partial charge in [-0.3, -0.25) is 4.99 Å². The van der Waals surface area contributed by atoms with Crippen LogP contribution in [0.2, 0.25) is 0 Å². The van der Waals surface area contributed by atoms with Crippen LogP contribution in [0.25, 0.3) is 5.65 Å². The first-order valence-electron chi connectivity index (χ1n) is 8.24. The summed E-state index contributed by atoms with van der Waals surface area (Å²) < 4.78 is 7.23. The number of aliphatic imine (C=N–C) groups is 1. The number of fused-ring (bicyclic) bond motifs is 1. The Labute approximate surface area is 170 Å². The van der Waals surface area contributed by atoms with Crippen molar-refractivity contribution in [3.8, 4) is 0 Å². The first kappa shape index (κ1) is 20.2. The third-order valence-electron chi connectivity index (χ3n) is 3.96. The third kappa shape index (κ3) is 4.95. The Morgan fingerprint density at radius 3 is 2.85 bits per heavy atom. The fraction of sp³-hybridized carbons (Fsp3) is 0.263. The standard InChI is InChI=1S/C19H23N5O.HI/c1-14-6-5-11-24-12-16(22-18(14)24)9-10-21-19(20)23-17-8-4-3-7-15(17)13-25-2;/h3-8,11-12H,9-10,13H2,1-2H3,(H3,20,21,23);1H. The van der Waals surface area contributed by atoms with Crippen molar-refractivity contribution in [3.05, 3.63) is 65.6 Å². The van der Waals surface area contributed by atoms with E-state index in [2.05, 4.69) is 28.3 Å². The maximum absolute atomic E-state index is 6.01. The number of aromatic nitrogens is 2. The van der Waals surface area contributed by atoms with Crippen LogP contribution >= 0.6 is 24.0 Å². The molecule has 2 aromatic heterocycles. The molecular weight excluding hydrogens is 441 g/mol. The highest BCUT2D eigenvalue weighted by Crippen LogP contribution is 2.15. The second kappa shape index (κ2) is 9.54. The minimum Gasteiger partial charge on any atom is -0.380 e. The molecule has 0 amide bonds. The largest absolute Gasteiger partial charge is 0.380 e. The molecule has 7 heteroatoms. The van der Waals surface area contributed by atoms with E-state index in [9.17, 15) is 0 Å². The molecule has 138 valence electrons. The monoisotopic (exact) mass is 465 g/mol. The van der Waals surface area contributed by atoms with E-state index in [0.717, 1.165) is 34.6 Å². The molecule has 0 aliphatic heterocycles. The lowest BCUT2D eigenvalue weighted by Gasteiger charge is -2.10. The minimum absolute atomic E-state index is 0. The van der Waals surface area contributed by atoms with Crippen LogP contribution < -0.4 is 11.1 Å². The van der Waals surface area contributed by atoms with Gasteiger partial charge in [0.15, 0.2) is 5.96 Å². The number of rotatable bonds is 6. The maximum Gasteiger partial charge on any atom is 0.193 e. The van der Waals surface area contributed by atoms with Crippen molar-refractivity contribution in [2.45, 2.75) is 20.0 Å². The molecule has 0 radical (unpaired) electrons. The SMILES string of the molecule is COCc1ccccc1NC(N)=NCCc1cn2cccc(C)c2n1.I. The Balaban J connectivity index is 0.00000243. The number of pyridine rings is 1. The first-order chi connectivity index (χ1) is 12.2. The van der Waals surface area contributed by atoms with Gasteiger partial charge < -0.3 is 20.2 Å². The third-order valence-corrected chi connectivity index (χ3v) is 3.96. The Morgan fingerprint density at radius 1 is 1.27 bits per heavy atom. The average Bonchev–Trinajstić information content (AvgIpc) is 3.01. The zero-order valence-corrected chi connectivity index (χ0v) is 17.3. The first-order valence-corrected chi connectivity index (χ1v) is 8.24. The molecule has 0 bridgehead atoms. The number of hydrogen-bond acceptors (Lipinski definition) is 3. The summed E-state index contributed by atoms with van der Waals surface area (Å²) in [6, 6.07) is 12.0. The molecule has 0 spiro atoms. The number of imidazole rings is 1. The fourth-order valence-corrected chi connectivity index (χ4v) is 2.72. The number of hydrogen-bond donors (Lipinski definition) is 2. The predicted octanol–water partition coefficient (Wildman–Crippen LogP) is 3.38. The molecule has 2 heterocycles. The number of nitrogens with two attached hydrogens (primary N) is 1. The fourth-order valence-electron chi connectivity index (χ4n) is 2.72.